The lowest BCUT2D eigenvalue weighted by Gasteiger charge is -2.07. The van der Waals surface area contributed by atoms with Gasteiger partial charge in [0.1, 0.15) is 5.69 Å². The molecule has 0 aliphatic carbocycles. The fraction of sp³-hybridized carbons (Fsp3) is 0.143. The summed E-state index contributed by atoms with van der Waals surface area (Å²) in [4.78, 5) is 23.8. The van der Waals surface area contributed by atoms with Crippen molar-refractivity contribution >= 4 is 39.3 Å². The van der Waals surface area contributed by atoms with Crippen LogP contribution >= 0.6 is 27.5 Å². The summed E-state index contributed by atoms with van der Waals surface area (Å²) in [6, 6.07) is 8.23. The normalized spacial score (nSPS) is 10.3. The van der Waals surface area contributed by atoms with Crippen molar-refractivity contribution in [3.63, 3.8) is 0 Å². The van der Waals surface area contributed by atoms with E-state index >= 15 is 0 Å². The molecule has 2 rings (SSSR count). The lowest BCUT2D eigenvalue weighted by Crippen LogP contribution is -2.15. The van der Waals surface area contributed by atoms with Crippen molar-refractivity contribution in [1.29, 1.82) is 0 Å². The fourth-order valence-electron chi connectivity index (χ4n) is 1.76. The van der Waals surface area contributed by atoms with Gasteiger partial charge >= 0.3 is 5.97 Å². The third-order valence-corrected chi connectivity index (χ3v) is 3.42. The third kappa shape index (κ3) is 3.29. The Labute approximate surface area is 129 Å². The maximum atomic E-state index is 12.2. The van der Waals surface area contributed by atoms with Gasteiger partial charge in [-0.3, -0.25) is 4.79 Å². The molecule has 20 heavy (non-hydrogen) atoms. The quantitative estimate of drug-likeness (QED) is 0.621. The summed E-state index contributed by atoms with van der Waals surface area (Å²) in [5.41, 5.74) is 0.858. The molecule has 0 aliphatic heterocycles. The molecule has 1 aromatic carbocycles. The maximum absolute atomic E-state index is 12.2. The molecule has 0 radical (unpaired) electrons. The Morgan fingerprint density at radius 3 is 2.55 bits per heavy atom. The highest BCUT2D eigenvalue weighted by Crippen LogP contribution is 2.17. The summed E-state index contributed by atoms with van der Waals surface area (Å²) < 4.78 is 6.94. The van der Waals surface area contributed by atoms with Crippen LogP contribution in [0.2, 0.25) is 5.02 Å². The minimum atomic E-state index is -0.486. The van der Waals surface area contributed by atoms with Crippen LogP contribution in [0.15, 0.2) is 41.0 Å². The summed E-state index contributed by atoms with van der Waals surface area (Å²) in [5, 5.41) is 0.570. The van der Waals surface area contributed by atoms with Crippen molar-refractivity contribution in [2.75, 3.05) is 7.11 Å². The molecule has 0 aliphatic rings. The molecule has 0 spiro atoms. The Hall–Kier alpha value is -1.59. The van der Waals surface area contributed by atoms with E-state index in [1.54, 1.807) is 41.1 Å². The molecule has 1 heterocycles. The second kappa shape index (κ2) is 6.24. The molecule has 0 atom stereocenters. The van der Waals surface area contributed by atoms with E-state index in [1.807, 2.05) is 0 Å². The third-order valence-electron chi connectivity index (χ3n) is 2.74. The number of hydrogen-bond acceptors (Lipinski definition) is 3. The van der Waals surface area contributed by atoms with Gasteiger partial charge in [0.15, 0.2) is 5.78 Å². The number of halogens is 2. The number of nitrogens with zero attached hydrogens (tertiary/aromatic N) is 1. The van der Waals surface area contributed by atoms with E-state index < -0.39 is 5.97 Å². The van der Waals surface area contributed by atoms with Gasteiger partial charge in [-0.1, -0.05) is 11.6 Å². The first-order valence-electron chi connectivity index (χ1n) is 5.74. The van der Waals surface area contributed by atoms with Gasteiger partial charge in [0.25, 0.3) is 0 Å². The Bertz CT molecular complexity index is 649. The predicted molar refractivity (Wildman–Crippen MR) is 79.3 cm³/mol. The van der Waals surface area contributed by atoms with Crippen LogP contribution in [0.1, 0.15) is 20.8 Å². The van der Waals surface area contributed by atoms with Crippen LogP contribution < -0.4 is 0 Å². The SMILES string of the molecule is COC(=O)c1cc(Br)cn1CC(=O)c1ccc(Cl)cc1. The summed E-state index contributed by atoms with van der Waals surface area (Å²) in [7, 11) is 1.30. The highest BCUT2D eigenvalue weighted by atomic mass is 79.9. The average Bonchev–Trinajstić information content (AvgIpc) is 2.79. The maximum Gasteiger partial charge on any atom is 0.354 e. The topological polar surface area (TPSA) is 48.3 Å². The number of Topliss-reactive ketones (excluding diaryl/α,β-unsaturated/α-hetero) is 1. The van der Waals surface area contributed by atoms with Gasteiger partial charge in [0.05, 0.1) is 13.7 Å². The standard InChI is InChI=1S/C14H11BrClNO3/c1-20-14(19)12-6-10(15)7-17(12)8-13(18)9-2-4-11(16)5-3-9/h2-7H,8H2,1H3. The number of ketones is 1. The molecule has 2 aromatic rings. The largest absolute Gasteiger partial charge is 0.464 e. The lowest BCUT2D eigenvalue weighted by atomic mass is 10.1. The number of benzene rings is 1. The highest BCUT2D eigenvalue weighted by Gasteiger charge is 2.16. The summed E-state index contributed by atoms with van der Waals surface area (Å²) >= 11 is 9.06. The minimum Gasteiger partial charge on any atom is -0.464 e. The van der Waals surface area contributed by atoms with E-state index in [0.717, 1.165) is 0 Å². The van der Waals surface area contributed by atoms with Crippen LogP contribution in [0.4, 0.5) is 0 Å². The zero-order valence-electron chi connectivity index (χ0n) is 10.6. The summed E-state index contributed by atoms with van der Waals surface area (Å²) in [5.74, 6) is -0.602. The fourth-order valence-corrected chi connectivity index (χ4v) is 2.35. The Morgan fingerprint density at radius 1 is 1.30 bits per heavy atom. The number of carbonyl (C=O) groups is 2. The summed E-state index contributed by atoms with van der Waals surface area (Å²) in [6.07, 6.45) is 1.67. The molecule has 104 valence electrons. The molecule has 0 amide bonds. The molecule has 0 saturated heterocycles. The first kappa shape index (κ1) is 14.8. The van der Waals surface area contributed by atoms with E-state index in [1.165, 1.54) is 7.11 Å². The van der Waals surface area contributed by atoms with E-state index in [4.69, 9.17) is 11.6 Å². The van der Waals surface area contributed by atoms with Crippen molar-refractivity contribution < 1.29 is 14.3 Å². The first-order chi connectivity index (χ1) is 9.51. The zero-order valence-corrected chi connectivity index (χ0v) is 12.9. The van der Waals surface area contributed by atoms with Gasteiger partial charge in [0.2, 0.25) is 0 Å². The van der Waals surface area contributed by atoms with Crippen molar-refractivity contribution in [3.8, 4) is 0 Å². The van der Waals surface area contributed by atoms with Gasteiger partial charge in [-0.05, 0) is 46.3 Å². The molecule has 0 fully saturated rings. The molecule has 0 N–H and O–H groups in total. The molecule has 4 nitrogen and oxygen atoms in total. The molecule has 0 saturated carbocycles. The second-order valence-electron chi connectivity index (χ2n) is 4.09. The van der Waals surface area contributed by atoms with Gasteiger partial charge < -0.3 is 9.30 Å². The number of carbonyl (C=O) groups excluding carboxylic acids is 2. The van der Waals surface area contributed by atoms with Gasteiger partial charge in [-0.25, -0.2) is 4.79 Å². The van der Waals surface area contributed by atoms with Crippen LogP contribution in [-0.4, -0.2) is 23.4 Å². The number of aromatic nitrogens is 1. The van der Waals surface area contributed by atoms with E-state index in [9.17, 15) is 9.59 Å². The predicted octanol–water partition coefficient (Wildman–Crippen LogP) is 3.57. The van der Waals surface area contributed by atoms with Gasteiger partial charge in [-0.15, -0.1) is 0 Å². The van der Waals surface area contributed by atoms with Gasteiger partial charge in [0, 0.05) is 21.3 Å². The van der Waals surface area contributed by atoms with Crippen molar-refractivity contribution in [2.24, 2.45) is 0 Å². The highest BCUT2D eigenvalue weighted by molar-refractivity contribution is 9.10. The van der Waals surface area contributed by atoms with E-state index in [-0.39, 0.29) is 12.3 Å². The van der Waals surface area contributed by atoms with Crippen molar-refractivity contribution in [1.82, 2.24) is 4.57 Å². The Kier molecular flexibility index (Phi) is 4.62. The van der Waals surface area contributed by atoms with Crippen molar-refractivity contribution in [3.05, 3.63) is 57.3 Å². The smallest absolute Gasteiger partial charge is 0.354 e. The van der Waals surface area contributed by atoms with Gasteiger partial charge in [-0.2, -0.15) is 0 Å². The van der Waals surface area contributed by atoms with Crippen LogP contribution in [-0.2, 0) is 11.3 Å². The minimum absolute atomic E-state index is 0.0532. The Balaban J connectivity index is 2.23. The lowest BCUT2D eigenvalue weighted by molar-refractivity contribution is 0.0588. The van der Waals surface area contributed by atoms with E-state index in [0.29, 0.717) is 20.8 Å². The second-order valence-corrected chi connectivity index (χ2v) is 5.45. The monoisotopic (exact) mass is 355 g/mol. The molecule has 1 aromatic heterocycles. The molecular weight excluding hydrogens is 346 g/mol. The summed E-state index contributed by atoms with van der Waals surface area (Å²) in [6.45, 7) is 0.0532. The van der Waals surface area contributed by atoms with E-state index in [2.05, 4.69) is 20.7 Å². The molecule has 0 unspecified atom stereocenters. The molecule has 6 heteroatoms. The van der Waals surface area contributed by atoms with Crippen molar-refractivity contribution in [2.45, 2.75) is 6.54 Å². The number of methoxy groups -OCH3 is 1. The average molecular weight is 357 g/mol. The number of hydrogen-bond donors (Lipinski definition) is 0. The van der Waals surface area contributed by atoms with Crippen LogP contribution in [0, 0.1) is 0 Å². The Morgan fingerprint density at radius 2 is 1.95 bits per heavy atom. The molecule has 0 bridgehead atoms. The van der Waals surface area contributed by atoms with Crippen LogP contribution in [0.3, 0.4) is 0 Å². The molecular formula is C14H11BrClNO3. The number of rotatable bonds is 4. The van der Waals surface area contributed by atoms with Crippen LogP contribution in [0.25, 0.3) is 0 Å². The zero-order chi connectivity index (χ0) is 14.7. The number of esters is 1. The van der Waals surface area contributed by atoms with Crippen LogP contribution in [0.5, 0.6) is 0 Å². The first-order valence-corrected chi connectivity index (χ1v) is 6.91. The number of ether oxygens (including phenoxy) is 1.